The lowest BCUT2D eigenvalue weighted by Crippen LogP contribution is -2.15. The Morgan fingerprint density at radius 1 is 1.10 bits per heavy atom. The summed E-state index contributed by atoms with van der Waals surface area (Å²) in [5.41, 5.74) is 8.57. The van der Waals surface area contributed by atoms with Gasteiger partial charge >= 0.3 is 0 Å². The summed E-state index contributed by atoms with van der Waals surface area (Å²) in [6.07, 6.45) is 1.59. The SMILES string of the molecule is Cc1cc(-c2cc(Oc3ccc4c(C)nn(C)c4c3)ccn2)cc(F)c1C(N)=O. The molecule has 0 saturated heterocycles. The maximum atomic E-state index is 14.3. The summed E-state index contributed by atoms with van der Waals surface area (Å²) >= 11 is 0. The van der Waals surface area contributed by atoms with Crippen LogP contribution in [0.5, 0.6) is 11.5 Å². The van der Waals surface area contributed by atoms with Crippen LogP contribution >= 0.6 is 0 Å². The number of aromatic nitrogens is 3. The topological polar surface area (TPSA) is 83.0 Å². The first kappa shape index (κ1) is 18.6. The molecule has 1 amide bonds. The third kappa shape index (κ3) is 3.42. The van der Waals surface area contributed by atoms with Crippen molar-refractivity contribution < 1.29 is 13.9 Å². The Morgan fingerprint density at radius 2 is 1.86 bits per heavy atom. The third-order valence-electron chi connectivity index (χ3n) is 4.80. The number of rotatable bonds is 4. The number of fused-ring (bicyclic) bond motifs is 1. The van der Waals surface area contributed by atoms with Gasteiger partial charge in [-0.25, -0.2) is 4.39 Å². The molecule has 0 unspecified atom stereocenters. The van der Waals surface area contributed by atoms with E-state index in [2.05, 4.69) is 10.1 Å². The molecule has 0 bridgehead atoms. The first-order valence-electron chi connectivity index (χ1n) is 9.01. The Bertz CT molecular complexity index is 1240. The Hall–Kier alpha value is -3.74. The van der Waals surface area contributed by atoms with E-state index < -0.39 is 11.7 Å². The number of hydrogen-bond donors (Lipinski definition) is 1. The molecule has 4 aromatic rings. The van der Waals surface area contributed by atoms with Crippen LogP contribution in [0.4, 0.5) is 4.39 Å². The second-order valence-electron chi connectivity index (χ2n) is 6.88. The molecule has 0 spiro atoms. The van der Waals surface area contributed by atoms with Crippen molar-refractivity contribution in [3.63, 3.8) is 0 Å². The summed E-state index contributed by atoms with van der Waals surface area (Å²) in [5.74, 6) is -0.246. The molecular weight excluding hydrogens is 371 g/mol. The number of amides is 1. The number of nitrogens with zero attached hydrogens (tertiary/aromatic N) is 3. The monoisotopic (exact) mass is 390 g/mol. The molecule has 29 heavy (non-hydrogen) atoms. The van der Waals surface area contributed by atoms with Gasteiger partial charge in [-0.1, -0.05) is 0 Å². The van der Waals surface area contributed by atoms with E-state index in [1.165, 1.54) is 6.07 Å². The minimum absolute atomic E-state index is 0.110. The Labute approximate surface area is 166 Å². The smallest absolute Gasteiger partial charge is 0.251 e. The molecule has 0 atom stereocenters. The van der Waals surface area contributed by atoms with Gasteiger partial charge in [-0.3, -0.25) is 14.5 Å². The summed E-state index contributed by atoms with van der Waals surface area (Å²) in [6.45, 7) is 3.60. The van der Waals surface area contributed by atoms with Crippen LogP contribution in [0.15, 0.2) is 48.7 Å². The summed E-state index contributed by atoms with van der Waals surface area (Å²) < 4.78 is 22.1. The molecule has 2 N–H and O–H groups in total. The molecule has 4 rings (SSSR count). The highest BCUT2D eigenvalue weighted by Crippen LogP contribution is 2.30. The molecule has 2 heterocycles. The van der Waals surface area contributed by atoms with Crippen molar-refractivity contribution in [2.75, 3.05) is 0 Å². The average Bonchev–Trinajstić information content (AvgIpc) is 2.94. The summed E-state index contributed by atoms with van der Waals surface area (Å²) in [5, 5.41) is 5.48. The van der Waals surface area contributed by atoms with Crippen molar-refractivity contribution in [2.45, 2.75) is 13.8 Å². The van der Waals surface area contributed by atoms with Gasteiger partial charge in [0.2, 0.25) is 0 Å². The zero-order chi connectivity index (χ0) is 20.7. The predicted octanol–water partition coefficient (Wildman–Crippen LogP) is 4.28. The first-order valence-corrected chi connectivity index (χ1v) is 9.01. The fourth-order valence-corrected chi connectivity index (χ4v) is 3.45. The van der Waals surface area contributed by atoms with E-state index in [0.717, 1.165) is 16.6 Å². The number of carbonyl (C=O) groups excluding carboxylic acids is 1. The number of carbonyl (C=O) groups is 1. The largest absolute Gasteiger partial charge is 0.457 e. The Balaban J connectivity index is 1.68. The number of primary amides is 1. The van der Waals surface area contributed by atoms with Gasteiger partial charge in [0.1, 0.15) is 17.3 Å². The summed E-state index contributed by atoms with van der Waals surface area (Å²) in [6, 6.07) is 12.1. The number of halogens is 1. The van der Waals surface area contributed by atoms with Gasteiger partial charge in [0, 0.05) is 36.3 Å². The zero-order valence-electron chi connectivity index (χ0n) is 16.2. The fourth-order valence-electron chi connectivity index (χ4n) is 3.45. The second kappa shape index (κ2) is 7.01. The van der Waals surface area contributed by atoms with Crippen molar-refractivity contribution in [3.05, 3.63) is 71.3 Å². The summed E-state index contributed by atoms with van der Waals surface area (Å²) in [4.78, 5) is 15.7. The molecule has 0 saturated carbocycles. The molecule has 6 nitrogen and oxygen atoms in total. The van der Waals surface area contributed by atoms with E-state index in [9.17, 15) is 9.18 Å². The lowest BCUT2D eigenvalue weighted by Gasteiger charge is -2.10. The average molecular weight is 390 g/mol. The number of benzene rings is 2. The van der Waals surface area contributed by atoms with Crippen LogP contribution in [-0.4, -0.2) is 20.7 Å². The van der Waals surface area contributed by atoms with Gasteiger partial charge in [0.05, 0.1) is 22.5 Å². The van der Waals surface area contributed by atoms with Gasteiger partial charge in [0.25, 0.3) is 5.91 Å². The summed E-state index contributed by atoms with van der Waals surface area (Å²) in [7, 11) is 1.89. The van der Waals surface area contributed by atoms with E-state index >= 15 is 0 Å². The quantitative estimate of drug-likeness (QED) is 0.564. The van der Waals surface area contributed by atoms with Crippen molar-refractivity contribution in [1.82, 2.24) is 14.8 Å². The van der Waals surface area contributed by atoms with Crippen molar-refractivity contribution in [1.29, 1.82) is 0 Å². The van der Waals surface area contributed by atoms with Crippen LogP contribution < -0.4 is 10.5 Å². The molecule has 7 heteroatoms. The van der Waals surface area contributed by atoms with E-state index in [1.54, 1.807) is 36.0 Å². The van der Waals surface area contributed by atoms with Gasteiger partial charge < -0.3 is 10.5 Å². The van der Waals surface area contributed by atoms with Crippen LogP contribution in [0.3, 0.4) is 0 Å². The van der Waals surface area contributed by atoms with Gasteiger partial charge in [-0.2, -0.15) is 5.10 Å². The number of pyridine rings is 1. The number of ether oxygens (including phenoxy) is 1. The van der Waals surface area contributed by atoms with E-state index in [-0.39, 0.29) is 5.56 Å². The van der Waals surface area contributed by atoms with Gasteiger partial charge in [0.15, 0.2) is 0 Å². The zero-order valence-corrected chi connectivity index (χ0v) is 16.2. The number of nitrogens with two attached hydrogens (primary N) is 1. The minimum atomic E-state index is -0.794. The number of hydrogen-bond acceptors (Lipinski definition) is 4. The molecule has 146 valence electrons. The van der Waals surface area contributed by atoms with E-state index in [1.807, 2.05) is 32.2 Å². The molecule has 2 aromatic carbocycles. The molecule has 0 aliphatic rings. The van der Waals surface area contributed by atoms with Crippen molar-refractivity contribution >= 4 is 16.8 Å². The lowest BCUT2D eigenvalue weighted by molar-refractivity contribution is 0.0996. The molecule has 0 aliphatic carbocycles. The van der Waals surface area contributed by atoms with Crippen LogP contribution in [0.25, 0.3) is 22.2 Å². The fraction of sp³-hybridized carbons (Fsp3) is 0.136. The highest BCUT2D eigenvalue weighted by Gasteiger charge is 2.15. The lowest BCUT2D eigenvalue weighted by atomic mass is 10.0. The van der Waals surface area contributed by atoms with Gasteiger partial charge in [-0.05, 0) is 49.7 Å². The van der Waals surface area contributed by atoms with E-state index in [0.29, 0.717) is 28.3 Å². The van der Waals surface area contributed by atoms with Crippen LogP contribution in [0.2, 0.25) is 0 Å². The van der Waals surface area contributed by atoms with E-state index in [4.69, 9.17) is 10.5 Å². The van der Waals surface area contributed by atoms with Crippen LogP contribution in [0, 0.1) is 19.7 Å². The number of aryl methyl sites for hydroxylation is 3. The predicted molar refractivity (Wildman–Crippen MR) is 108 cm³/mol. The maximum absolute atomic E-state index is 14.3. The molecule has 0 fully saturated rings. The van der Waals surface area contributed by atoms with Crippen LogP contribution in [0.1, 0.15) is 21.6 Å². The Kier molecular flexibility index (Phi) is 4.50. The highest BCUT2D eigenvalue weighted by molar-refractivity contribution is 5.95. The molecule has 2 aromatic heterocycles. The first-order chi connectivity index (χ1) is 13.8. The molecular formula is C22H19FN4O2. The molecule has 0 aliphatic heterocycles. The Morgan fingerprint density at radius 3 is 2.59 bits per heavy atom. The second-order valence-corrected chi connectivity index (χ2v) is 6.88. The van der Waals surface area contributed by atoms with Crippen molar-refractivity contribution in [3.8, 4) is 22.8 Å². The van der Waals surface area contributed by atoms with Crippen molar-refractivity contribution in [2.24, 2.45) is 12.8 Å². The maximum Gasteiger partial charge on any atom is 0.251 e. The van der Waals surface area contributed by atoms with Crippen LogP contribution in [-0.2, 0) is 7.05 Å². The third-order valence-corrected chi connectivity index (χ3v) is 4.80. The standard InChI is InChI=1S/C22H19FN4O2/c1-12-8-14(9-18(23)21(12)22(24)28)19-10-16(6-7-25-19)29-15-4-5-17-13(2)26-27(3)20(17)11-15/h4-11H,1-3H3,(H2,24,28). The minimum Gasteiger partial charge on any atom is -0.457 e. The van der Waals surface area contributed by atoms with Gasteiger partial charge in [-0.15, -0.1) is 0 Å². The normalized spacial score (nSPS) is 11.0. The molecule has 0 radical (unpaired) electrons. The highest BCUT2D eigenvalue weighted by atomic mass is 19.1.